The van der Waals surface area contributed by atoms with E-state index in [4.69, 9.17) is 10.5 Å². The average Bonchev–Trinajstić information content (AvgIpc) is 2.64. The fraction of sp³-hybridized carbons (Fsp3) is 1.00. The molecule has 0 radical (unpaired) electrons. The van der Waals surface area contributed by atoms with E-state index >= 15 is 0 Å². The second-order valence-electron chi connectivity index (χ2n) is 4.97. The first-order valence-corrected chi connectivity index (χ1v) is 6.03. The van der Waals surface area contributed by atoms with Crippen LogP contribution >= 0.6 is 0 Å². The van der Waals surface area contributed by atoms with Crippen molar-refractivity contribution in [2.45, 2.75) is 52.0 Å². The summed E-state index contributed by atoms with van der Waals surface area (Å²) < 4.78 is 5.59. The molecule has 2 N–H and O–H groups in total. The highest BCUT2D eigenvalue weighted by Gasteiger charge is 2.21. The second-order valence-corrected chi connectivity index (χ2v) is 4.97. The molecule has 1 saturated carbocycles. The first-order chi connectivity index (χ1) is 6.70. The molecule has 1 aliphatic rings. The molecule has 0 aromatic carbocycles. The van der Waals surface area contributed by atoms with Gasteiger partial charge in [-0.2, -0.15) is 0 Å². The van der Waals surface area contributed by atoms with Gasteiger partial charge in [0.15, 0.2) is 0 Å². The zero-order valence-corrected chi connectivity index (χ0v) is 9.67. The third-order valence-electron chi connectivity index (χ3n) is 3.16. The Labute approximate surface area is 88.2 Å². The van der Waals surface area contributed by atoms with E-state index in [9.17, 15) is 0 Å². The molecule has 0 saturated heterocycles. The van der Waals surface area contributed by atoms with Crippen molar-refractivity contribution in [3.63, 3.8) is 0 Å². The monoisotopic (exact) mass is 199 g/mol. The Morgan fingerprint density at radius 2 is 1.93 bits per heavy atom. The van der Waals surface area contributed by atoms with Crippen LogP contribution in [0.1, 0.15) is 46.0 Å². The van der Waals surface area contributed by atoms with E-state index in [0.29, 0.717) is 0 Å². The van der Waals surface area contributed by atoms with E-state index in [0.717, 1.165) is 31.5 Å². The quantitative estimate of drug-likeness (QED) is 0.667. The van der Waals surface area contributed by atoms with Crippen molar-refractivity contribution in [1.82, 2.24) is 0 Å². The summed E-state index contributed by atoms with van der Waals surface area (Å²) in [5.41, 5.74) is 6.07. The third-order valence-corrected chi connectivity index (χ3v) is 3.16. The summed E-state index contributed by atoms with van der Waals surface area (Å²) in [6, 6.07) is 0.282. The molecule has 1 unspecified atom stereocenters. The van der Waals surface area contributed by atoms with E-state index in [1.807, 2.05) is 0 Å². The molecule has 0 heterocycles. The van der Waals surface area contributed by atoms with Crippen LogP contribution in [-0.4, -0.2) is 19.3 Å². The zero-order chi connectivity index (χ0) is 10.4. The van der Waals surface area contributed by atoms with Crippen LogP contribution in [-0.2, 0) is 4.74 Å². The molecule has 1 aliphatic carbocycles. The predicted octanol–water partition coefficient (Wildman–Crippen LogP) is 2.57. The lowest BCUT2D eigenvalue weighted by Gasteiger charge is -2.18. The van der Waals surface area contributed by atoms with Gasteiger partial charge in [0, 0.05) is 12.6 Å². The number of hydrogen-bond donors (Lipinski definition) is 1. The maximum atomic E-state index is 6.07. The van der Waals surface area contributed by atoms with Crippen molar-refractivity contribution < 1.29 is 4.74 Å². The van der Waals surface area contributed by atoms with Gasteiger partial charge in [-0.15, -0.1) is 0 Å². The van der Waals surface area contributed by atoms with Crippen LogP contribution in [0.25, 0.3) is 0 Å². The van der Waals surface area contributed by atoms with Crippen molar-refractivity contribution in [3.05, 3.63) is 0 Å². The van der Waals surface area contributed by atoms with E-state index in [2.05, 4.69) is 13.8 Å². The molecular weight excluding hydrogens is 174 g/mol. The van der Waals surface area contributed by atoms with Gasteiger partial charge in [-0.25, -0.2) is 0 Å². The Morgan fingerprint density at radius 1 is 1.29 bits per heavy atom. The number of nitrogens with two attached hydrogens (primary N) is 1. The highest BCUT2D eigenvalue weighted by molar-refractivity contribution is 4.77. The van der Waals surface area contributed by atoms with Crippen LogP contribution in [0.2, 0.25) is 0 Å². The van der Waals surface area contributed by atoms with Crippen molar-refractivity contribution >= 4 is 0 Å². The number of hydrogen-bond acceptors (Lipinski definition) is 2. The largest absolute Gasteiger partial charge is 0.380 e. The molecule has 0 aromatic rings. The summed E-state index contributed by atoms with van der Waals surface area (Å²) in [5.74, 6) is 1.46. The normalized spacial score (nSPS) is 20.6. The molecule has 2 nitrogen and oxygen atoms in total. The molecule has 14 heavy (non-hydrogen) atoms. The molecule has 84 valence electrons. The lowest BCUT2D eigenvalue weighted by molar-refractivity contribution is 0.0974. The molecular formula is C12H25NO. The van der Waals surface area contributed by atoms with Crippen molar-refractivity contribution in [1.29, 1.82) is 0 Å². The molecule has 0 aliphatic heterocycles. The molecule has 1 rings (SSSR count). The molecule has 1 fully saturated rings. The predicted molar refractivity (Wildman–Crippen MR) is 60.2 cm³/mol. The zero-order valence-electron chi connectivity index (χ0n) is 9.67. The summed E-state index contributed by atoms with van der Waals surface area (Å²) in [4.78, 5) is 0. The Balaban J connectivity index is 1.99. The minimum atomic E-state index is 0.282. The molecule has 0 amide bonds. The number of ether oxygens (including phenoxy) is 1. The van der Waals surface area contributed by atoms with Crippen molar-refractivity contribution in [2.75, 3.05) is 13.2 Å². The Morgan fingerprint density at radius 3 is 2.50 bits per heavy atom. The number of rotatable bonds is 6. The second kappa shape index (κ2) is 6.41. The van der Waals surface area contributed by atoms with Crippen LogP contribution in [0.3, 0.4) is 0 Å². The van der Waals surface area contributed by atoms with Crippen molar-refractivity contribution in [2.24, 2.45) is 17.6 Å². The van der Waals surface area contributed by atoms with Crippen LogP contribution in [0, 0.1) is 11.8 Å². The molecule has 0 aromatic heterocycles. The smallest absolute Gasteiger partial charge is 0.0620 e. The van der Waals surface area contributed by atoms with Gasteiger partial charge in [0.1, 0.15) is 0 Å². The lowest BCUT2D eigenvalue weighted by atomic mass is 10.00. The molecule has 1 atom stereocenters. The summed E-state index contributed by atoms with van der Waals surface area (Å²) in [6.45, 7) is 6.08. The molecule has 0 bridgehead atoms. The van der Waals surface area contributed by atoms with E-state index in [1.165, 1.54) is 25.7 Å². The van der Waals surface area contributed by atoms with Gasteiger partial charge in [0.05, 0.1) is 6.61 Å². The third kappa shape index (κ3) is 4.43. The van der Waals surface area contributed by atoms with E-state index in [1.54, 1.807) is 0 Å². The van der Waals surface area contributed by atoms with Crippen molar-refractivity contribution in [3.8, 4) is 0 Å². The van der Waals surface area contributed by atoms with Gasteiger partial charge in [-0.3, -0.25) is 0 Å². The van der Waals surface area contributed by atoms with Crippen LogP contribution in [0.5, 0.6) is 0 Å². The Bertz CT molecular complexity index is 141. The van der Waals surface area contributed by atoms with Gasteiger partial charge in [0.2, 0.25) is 0 Å². The fourth-order valence-electron chi connectivity index (χ4n) is 2.06. The highest BCUT2D eigenvalue weighted by Crippen LogP contribution is 2.26. The van der Waals surface area contributed by atoms with Gasteiger partial charge >= 0.3 is 0 Å². The summed E-state index contributed by atoms with van der Waals surface area (Å²) in [5, 5.41) is 0. The van der Waals surface area contributed by atoms with E-state index in [-0.39, 0.29) is 6.04 Å². The van der Waals surface area contributed by atoms with E-state index < -0.39 is 0 Å². The Hall–Kier alpha value is -0.0800. The van der Waals surface area contributed by atoms with Gasteiger partial charge < -0.3 is 10.5 Å². The Kier molecular flexibility index (Phi) is 5.49. The maximum Gasteiger partial charge on any atom is 0.0620 e. The average molecular weight is 199 g/mol. The molecule has 2 heteroatoms. The standard InChI is InChI=1S/C12H25NO/c1-10(2)7-8-14-9-12(13)11-5-3-4-6-11/h10-12H,3-9,13H2,1-2H3. The summed E-state index contributed by atoms with van der Waals surface area (Å²) in [7, 11) is 0. The summed E-state index contributed by atoms with van der Waals surface area (Å²) in [6.07, 6.45) is 6.51. The maximum absolute atomic E-state index is 6.07. The van der Waals surface area contributed by atoms with Gasteiger partial charge in [-0.1, -0.05) is 26.7 Å². The topological polar surface area (TPSA) is 35.2 Å². The fourth-order valence-corrected chi connectivity index (χ4v) is 2.06. The van der Waals surface area contributed by atoms with Crippen LogP contribution < -0.4 is 5.73 Å². The minimum Gasteiger partial charge on any atom is -0.380 e. The molecule has 0 spiro atoms. The summed E-state index contributed by atoms with van der Waals surface area (Å²) >= 11 is 0. The first kappa shape index (κ1) is 12.0. The SMILES string of the molecule is CC(C)CCOCC(N)C1CCCC1. The van der Waals surface area contributed by atoms with Gasteiger partial charge in [-0.05, 0) is 31.1 Å². The highest BCUT2D eigenvalue weighted by atomic mass is 16.5. The minimum absolute atomic E-state index is 0.282. The van der Waals surface area contributed by atoms with Crippen LogP contribution in [0.15, 0.2) is 0 Å². The van der Waals surface area contributed by atoms with Crippen LogP contribution in [0.4, 0.5) is 0 Å². The first-order valence-electron chi connectivity index (χ1n) is 6.03. The lowest BCUT2D eigenvalue weighted by Crippen LogP contribution is -2.33. The van der Waals surface area contributed by atoms with Gasteiger partial charge in [0.25, 0.3) is 0 Å².